The molecule has 0 aliphatic carbocycles. The molecular formula is C29H33ClN4O2. The van der Waals surface area contributed by atoms with Crippen LogP contribution in [0.4, 0.5) is 0 Å². The van der Waals surface area contributed by atoms with E-state index < -0.39 is 0 Å². The number of nitrogens with two attached hydrogens (primary N) is 1. The number of nitrogens with zero attached hydrogens (tertiary/aromatic N) is 2. The third-order valence-corrected chi connectivity index (χ3v) is 6.50. The van der Waals surface area contributed by atoms with Crippen LogP contribution < -0.4 is 16.1 Å². The van der Waals surface area contributed by atoms with Gasteiger partial charge in [-0.2, -0.15) is 11.4 Å². The highest BCUT2D eigenvalue weighted by Crippen LogP contribution is 2.30. The number of piperazine rings is 1. The largest absolute Gasteiger partial charge is 0.492 e. The second-order valence-corrected chi connectivity index (χ2v) is 9.12. The Bertz CT molecular complexity index is 1120. The summed E-state index contributed by atoms with van der Waals surface area (Å²) in [5.41, 5.74) is 6.09. The molecule has 3 N–H and O–H groups in total. The van der Waals surface area contributed by atoms with E-state index in [1.165, 1.54) is 11.1 Å². The summed E-state index contributed by atoms with van der Waals surface area (Å²) in [4.78, 5) is 9.35. The molecule has 0 spiro atoms. The highest BCUT2D eigenvalue weighted by molar-refractivity contribution is 6.30. The SMILES string of the molecule is NONCCC#Cc1cccc(OCCN2CCN([C@H](c3ccccc3)c3ccc(Cl)cc3)CC2)c1. The Hall–Kier alpha value is -2.89. The fourth-order valence-electron chi connectivity index (χ4n) is 4.43. The Morgan fingerprint density at radius 1 is 0.917 bits per heavy atom. The maximum absolute atomic E-state index is 6.16. The number of hydroxylamine groups is 1. The Morgan fingerprint density at radius 2 is 1.67 bits per heavy atom. The molecule has 6 nitrogen and oxygen atoms in total. The van der Waals surface area contributed by atoms with E-state index in [4.69, 9.17) is 22.2 Å². The summed E-state index contributed by atoms with van der Waals surface area (Å²) in [7, 11) is 0. The van der Waals surface area contributed by atoms with Crippen molar-refractivity contribution in [2.45, 2.75) is 12.5 Å². The predicted octanol–water partition coefficient (Wildman–Crippen LogP) is 4.26. The molecule has 0 bridgehead atoms. The van der Waals surface area contributed by atoms with Gasteiger partial charge in [0.15, 0.2) is 0 Å². The van der Waals surface area contributed by atoms with Gasteiger partial charge in [0.05, 0.1) is 6.04 Å². The highest BCUT2D eigenvalue weighted by atomic mass is 35.5. The molecule has 1 heterocycles. The van der Waals surface area contributed by atoms with E-state index in [-0.39, 0.29) is 6.04 Å². The van der Waals surface area contributed by atoms with Crippen molar-refractivity contribution in [2.75, 3.05) is 45.9 Å². The summed E-state index contributed by atoms with van der Waals surface area (Å²) in [5, 5.41) is 0.767. The van der Waals surface area contributed by atoms with Crippen LogP contribution in [0.2, 0.25) is 5.02 Å². The zero-order valence-corrected chi connectivity index (χ0v) is 21.2. The Morgan fingerprint density at radius 3 is 2.42 bits per heavy atom. The summed E-state index contributed by atoms with van der Waals surface area (Å²) in [6.45, 7) is 6.13. The molecule has 3 aromatic carbocycles. The second kappa shape index (κ2) is 14.0. The van der Waals surface area contributed by atoms with Crippen molar-refractivity contribution in [1.29, 1.82) is 0 Å². The monoisotopic (exact) mass is 504 g/mol. The number of ether oxygens (including phenoxy) is 1. The second-order valence-electron chi connectivity index (χ2n) is 8.68. The normalized spacial score (nSPS) is 15.2. The van der Waals surface area contributed by atoms with E-state index in [0.717, 1.165) is 49.1 Å². The smallest absolute Gasteiger partial charge is 0.120 e. The van der Waals surface area contributed by atoms with Gasteiger partial charge in [0, 0.05) is 56.3 Å². The molecule has 0 unspecified atom stereocenters. The maximum Gasteiger partial charge on any atom is 0.120 e. The van der Waals surface area contributed by atoms with Crippen LogP contribution in [-0.2, 0) is 4.94 Å². The molecule has 3 aromatic rings. The Balaban J connectivity index is 1.27. The fraction of sp³-hybridized carbons (Fsp3) is 0.310. The lowest BCUT2D eigenvalue weighted by Crippen LogP contribution is -2.48. The van der Waals surface area contributed by atoms with Gasteiger partial charge in [-0.25, -0.2) is 4.94 Å². The highest BCUT2D eigenvalue weighted by Gasteiger charge is 2.26. The molecule has 0 aromatic heterocycles. The molecule has 0 radical (unpaired) electrons. The lowest BCUT2D eigenvalue weighted by Gasteiger charge is -2.39. The molecule has 7 heteroatoms. The first-order chi connectivity index (χ1) is 17.7. The van der Waals surface area contributed by atoms with Crippen molar-refractivity contribution in [3.05, 3.63) is 101 Å². The van der Waals surface area contributed by atoms with E-state index >= 15 is 0 Å². The van der Waals surface area contributed by atoms with Crippen LogP contribution in [0, 0.1) is 11.8 Å². The number of rotatable bonds is 10. The van der Waals surface area contributed by atoms with E-state index in [1.54, 1.807) is 0 Å². The minimum Gasteiger partial charge on any atom is -0.492 e. The zero-order valence-electron chi connectivity index (χ0n) is 20.4. The first-order valence-corrected chi connectivity index (χ1v) is 12.7. The summed E-state index contributed by atoms with van der Waals surface area (Å²) in [6, 6.07) is 27.1. The first kappa shape index (κ1) is 26.2. The maximum atomic E-state index is 6.16. The van der Waals surface area contributed by atoms with Crippen LogP contribution in [0.5, 0.6) is 5.75 Å². The topological polar surface area (TPSA) is 63.0 Å². The minimum absolute atomic E-state index is 0.226. The van der Waals surface area contributed by atoms with E-state index in [9.17, 15) is 0 Å². The van der Waals surface area contributed by atoms with Gasteiger partial charge in [0.2, 0.25) is 0 Å². The average molecular weight is 505 g/mol. The quantitative estimate of drug-likeness (QED) is 0.244. The molecule has 1 saturated heterocycles. The van der Waals surface area contributed by atoms with Crippen LogP contribution in [0.15, 0.2) is 78.9 Å². The number of benzene rings is 3. The number of nitrogens with one attached hydrogen (secondary N) is 1. The Kier molecular flexibility index (Phi) is 10.2. The van der Waals surface area contributed by atoms with Crippen molar-refractivity contribution in [3.8, 4) is 17.6 Å². The van der Waals surface area contributed by atoms with Gasteiger partial charge < -0.3 is 4.74 Å². The van der Waals surface area contributed by atoms with Crippen molar-refractivity contribution >= 4 is 11.6 Å². The summed E-state index contributed by atoms with van der Waals surface area (Å²) in [6.07, 6.45) is 0.650. The van der Waals surface area contributed by atoms with Gasteiger partial charge in [-0.05, 0) is 41.5 Å². The molecule has 36 heavy (non-hydrogen) atoms. The lowest BCUT2D eigenvalue weighted by atomic mass is 9.96. The average Bonchev–Trinajstić information content (AvgIpc) is 2.92. The first-order valence-electron chi connectivity index (χ1n) is 12.3. The predicted molar refractivity (Wildman–Crippen MR) is 144 cm³/mol. The van der Waals surface area contributed by atoms with E-state index in [0.29, 0.717) is 19.6 Å². The van der Waals surface area contributed by atoms with Crippen LogP contribution in [-0.4, -0.2) is 55.7 Å². The standard InChI is InChI=1S/C29H33ClN4O2/c30-27-14-12-26(13-15-27)29(25-9-2-1-3-10-25)34-19-17-33(18-20-34)21-22-35-28-11-6-8-24(23-28)7-4-5-16-32-36-31/h1-3,6,8-15,23,29,32H,5,16-22,31H2/t29-/m1/s1. The number of hydrogen-bond donors (Lipinski definition) is 2. The molecule has 1 aliphatic rings. The van der Waals surface area contributed by atoms with E-state index in [2.05, 4.69) is 74.5 Å². The van der Waals surface area contributed by atoms with Gasteiger partial charge >= 0.3 is 0 Å². The summed E-state index contributed by atoms with van der Waals surface area (Å²) < 4.78 is 6.03. The third kappa shape index (κ3) is 7.81. The minimum atomic E-state index is 0.226. The van der Waals surface area contributed by atoms with Crippen LogP contribution in [0.3, 0.4) is 0 Å². The molecule has 188 valence electrons. The molecular weight excluding hydrogens is 472 g/mol. The van der Waals surface area contributed by atoms with Gasteiger partial charge in [0.1, 0.15) is 12.4 Å². The molecule has 1 fully saturated rings. The lowest BCUT2D eigenvalue weighted by molar-refractivity contribution is 0.0425. The molecule has 1 aliphatic heterocycles. The molecule has 1 atom stereocenters. The van der Waals surface area contributed by atoms with Crippen molar-refractivity contribution in [2.24, 2.45) is 5.90 Å². The fourth-order valence-corrected chi connectivity index (χ4v) is 4.56. The van der Waals surface area contributed by atoms with Crippen molar-refractivity contribution < 1.29 is 9.68 Å². The molecule has 0 amide bonds. The van der Waals surface area contributed by atoms with Gasteiger partial charge in [-0.15, -0.1) is 0 Å². The van der Waals surface area contributed by atoms with Crippen molar-refractivity contribution in [3.63, 3.8) is 0 Å². The Labute approximate surface area is 218 Å². The summed E-state index contributed by atoms with van der Waals surface area (Å²) in [5.74, 6) is 12.0. The van der Waals surface area contributed by atoms with Crippen LogP contribution >= 0.6 is 11.6 Å². The van der Waals surface area contributed by atoms with Gasteiger partial charge in [0.25, 0.3) is 0 Å². The third-order valence-electron chi connectivity index (χ3n) is 6.25. The number of halogens is 1. The molecule has 4 rings (SSSR count). The van der Waals surface area contributed by atoms with Crippen LogP contribution in [0.1, 0.15) is 29.2 Å². The zero-order chi connectivity index (χ0) is 25.0. The molecule has 0 saturated carbocycles. The van der Waals surface area contributed by atoms with Crippen molar-refractivity contribution in [1.82, 2.24) is 15.3 Å². The van der Waals surface area contributed by atoms with Gasteiger partial charge in [-0.3, -0.25) is 9.80 Å². The summed E-state index contributed by atoms with van der Waals surface area (Å²) >= 11 is 6.16. The van der Waals surface area contributed by atoms with Gasteiger partial charge in [-0.1, -0.05) is 72.0 Å². The van der Waals surface area contributed by atoms with E-state index in [1.807, 2.05) is 36.4 Å². The van der Waals surface area contributed by atoms with Crippen LogP contribution in [0.25, 0.3) is 0 Å². The number of hydrogen-bond acceptors (Lipinski definition) is 6.